The summed E-state index contributed by atoms with van der Waals surface area (Å²) in [5.41, 5.74) is 2.10. The second kappa shape index (κ2) is 5.83. The summed E-state index contributed by atoms with van der Waals surface area (Å²) in [6, 6.07) is 3.96. The van der Waals surface area contributed by atoms with Gasteiger partial charge in [-0.25, -0.2) is 4.98 Å². The van der Waals surface area contributed by atoms with E-state index >= 15 is 0 Å². The van der Waals surface area contributed by atoms with E-state index in [2.05, 4.69) is 22.4 Å². The van der Waals surface area contributed by atoms with Crippen LogP contribution in [-0.4, -0.2) is 41.0 Å². The second-order valence-corrected chi connectivity index (χ2v) is 5.65. The molecular weight excluding hydrogens is 250 g/mol. The van der Waals surface area contributed by atoms with Crippen molar-refractivity contribution in [2.45, 2.75) is 26.2 Å². The van der Waals surface area contributed by atoms with Gasteiger partial charge >= 0.3 is 0 Å². The summed E-state index contributed by atoms with van der Waals surface area (Å²) in [5, 5.41) is 0. The molecule has 0 radical (unpaired) electrons. The highest BCUT2D eigenvalue weighted by Crippen LogP contribution is 2.23. The molecule has 2 aromatic heterocycles. The first-order valence-corrected chi connectivity index (χ1v) is 7.53. The Morgan fingerprint density at radius 2 is 2.35 bits per heavy atom. The zero-order valence-electron chi connectivity index (χ0n) is 12.4. The lowest BCUT2D eigenvalue weighted by atomic mass is 9.94. The molecule has 4 heteroatoms. The fourth-order valence-electron chi connectivity index (χ4n) is 3.20. The van der Waals surface area contributed by atoms with Crippen molar-refractivity contribution in [1.29, 1.82) is 0 Å². The molecule has 1 aliphatic rings. The first-order valence-electron chi connectivity index (χ1n) is 7.53. The van der Waals surface area contributed by atoms with E-state index in [1.165, 1.54) is 31.6 Å². The van der Waals surface area contributed by atoms with Crippen LogP contribution in [0.5, 0.6) is 5.75 Å². The molecule has 2 aromatic rings. The third kappa shape index (κ3) is 2.66. The number of hydrogen-bond acceptors (Lipinski definition) is 3. The minimum Gasteiger partial charge on any atom is -0.493 e. The number of ether oxygens (including phenoxy) is 1. The quantitative estimate of drug-likeness (QED) is 0.857. The predicted octanol–water partition coefficient (Wildman–Crippen LogP) is 2.62. The van der Waals surface area contributed by atoms with Crippen molar-refractivity contribution >= 4 is 5.65 Å². The highest BCUT2D eigenvalue weighted by molar-refractivity contribution is 5.54. The molecule has 0 N–H and O–H groups in total. The summed E-state index contributed by atoms with van der Waals surface area (Å²) in [4.78, 5) is 7.29. The zero-order chi connectivity index (χ0) is 13.9. The van der Waals surface area contributed by atoms with Crippen molar-refractivity contribution in [2.75, 3.05) is 26.7 Å². The number of imidazole rings is 1. The number of aromatic nitrogens is 2. The average molecular weight is 273 g/mol. The van der Waals surface area contributed by atoms with Crippen LogP contribution in [0, 0.1) is 5.92 Å². The van der Waals surface area contributed by atoms with Crippen molar-refractivity contribution in [3.05, 3.63) is 30.2 Å². The molecule has 108 valence electrons. The molecule has 0 aliphatic carbocycles. The number of methoxy groups -OCH3 is 1. The molecule has 1 saturated heterocycles. The van der Waals surface area contributed by atoms with Gasteiger partial charge in [-0.3, -0.25) is 0 Å². The van der Waals surface area contributed by atoms with Crippen LogP contribution >= 0.6 is 0 Å². The van der Waals surface area contributed by atoms with E-state index in [4.69, 9.17) is 9.72 Å². The lowest BCUT2D eigenvalue weighted by Gasteiger charge is -2.31. The van der Waals surface area contributed by atoms with Crippen molar-refractivity contribution in [1.82, 2.24) is 14.3 Å². The van der Waals surface area contributed by atoms with Gasteiger partial charge in [-0.1, -0.05) is 6.92 Å². The molecule has 1 atom stereocenters. The van der Waals surface area contributed by atoms with E-state index < -0.39 is 0 Å². The van der Waals surface area contributed by atoms with Crippen LogP contribution in [0.4, 0.5) is 0 Å². The third-order valence-electron chi connectivity index (χ3n) is 4.26. The number of likely N-dealkylation sites (tertiary alicyclic amines) is 1. The van der Waals surface area contributed by atoms with E-state index in [0.29, 0.717) is 0 Å². The Labute approximate surface area is 120 Å². The number of rotatable bonds is 4. The first kappa shape index (κ1) is 13.4. The number of hydrogen-bond donors (Lipinski definition) is 0. The summed E-state index contributed by atoms with van der Waals surface area (Å²) in [7, 11) is 1.70. The predicted molar refractivity (Wildman–Crippen MR) is 80.3 cm³/mol. The van der Waals surface area contributed by atoms with Crippen LogP contribution in [0.2, 0.25) is 0 Å². The Hall–Kier alpha value is -1.55. The van der Waals surface area contributed by atoms with Gasteiger partial charge in [0.2, 0.25) is 0 Å². The first-order chi connectivity index (χ1) is 9.80. The number of nitrogens with zero attached hydrogens (tertiary/aromatic N) is 3. The molecule has 1 fully saturated rings. The molecule has 20 heavy (non-hydrogen) atoms. The van der Waals surface area contributed by atoms with Gasteiger partial charge in [-0.15, -0.1) is 0 Å². The lowest BCUT2D eigenvalue weighted by Crippen LogP contribution is -2.35. The molecule has 4 nitrogen and oxygen atoms in total. The van der Waals surface area contributed by atoms with Crippen molar-refractivity contribution in [2.24, 2.45) is 5.92 Å². The molecule has 1 unspecified atom stereocenters. The standard InChI is InChI=1S/C16H23N3O/c1-3-18-8-4-6-13(11-18)10-14-12-19-9-5-7-15(20-2)16(19)17-14/h5,7,9,12-13H,3-4,6,8,10-11H2,1-2H3. The van der Waals surface area contributed by atoms with Gasteiger partial charge in [0.05, 0.1) is 12.8 Å². The van der Waals surface area contributed by atoms with E-state index in [1.54, 1.807) is 7.11 Å². The molecule has 0 amide bonds. The van der Waals surface area contributed by atoms with Gasteiger partial charge in [-0.05, 0) is 50.4 Å². The Balaban J connectivity index is 1.77. The van der Waals surface area contributed by atoms with Gasteiger partial charge in [0.1, 0.15) is 0 Å². The normalized spacial score (nSPS) is 20.4. The van der Waals surface area contributed by atoms with E-state index in [1.807, 2.05) is 18.3 Å². The number of pyridine rings is 1. The van der Waals surface area contributed by atoms with E-state index in [9.17, 15) is 0 Å². The molecule has 0 bridgehead atoms. The summed E-state index contributed by atoms with van der Waals surface area (Å²) in [5.74, 6) is 1.58. The maximum Gasteiger partial charge on any atom is 0.179 e. The van der Waals surface area contributed by atoms with Crippen molar-refractivity contribution in [3.63, 3.8) is 0 Å². The molecule has 1 aliphatic heterocycles. The van der Waals surface area contributed by atoms with Gasteiger partial charge in [0, 0.05) is 18.9 Å². The Kier molecular flexibility index (Phi) is 3.92. The number of piperidine rings is 1. The van der Waals surface area contributed by atoms with Crippen LogP contribution in [0.1, 0.15) is 25.5 Å². The summed E-state index contributed by atoms with van der Waals surface area (Å²) < 4.78 is 7.44. The maximum atomic E-state index is 5.37. The topological polar surface area (TPSA) is 29.8 Å². The monoisotopic (exact) mass is 273 g/mol. The van der Waals surface area contributed by atoms with Crippen LogP contribution < -0.4 is 4.74 Å². The largest absolute Gasteiger partial charge is 0.493 e. The van der Waals surface area contributed by atoms with Gasteiger partial charge < -0.3 is 14.0 Å². The third-order valence-corrected chi connectivity index (χ3v) is 4.26. The fourth-order valence-corrected chi connectivity index (χ4v) is 3.20. The summed E-state index contributed by atoms with van der Waals surface area (Å²) in [6.07, 6.45) is 7.88. The Morgan fingerprint density at radius 3 is 3.15 bits per heavy atom. The minimum absolute atomic E-state index is 0.736. The molecule has 0 aromatic carbocycles. The van der Waals surface area contributed by atoms with Crippen LogP contribution in [0.15, 0.2) is 24.5 Å². The average Bonchev–Trinajstić information content (AvgIpc) is 2.89. The molecule has 3 heterocycles. The van der Waals surface area contributed by atoms with Gasteiger partial charge in [0.15, 0.2) is 11.4 Å². The SMILES string of the molecule is CCN1CCCC(Cc2cn3cccc(OC)c3n2)C1. The molecule has 3 rings (SSSR count). The van der Waals surface area contributed by atoms with Crippen LogP contribution in [0.3, 0.4) is 0 Å². The molecular formula is C16H23N3O. The van der Waals surface area contributed by atoms with E-state index in [0.717, 1.165) is 30.3 Å². The highest BCUT2D eigenvalue weighted by Gasteiger charge is 2.20. The maximum absolute atomic E-state index is 5.37. The minimum atomic E-state index is 0.736. The Morgan fingerprint density at radius 1 is 1.45 bits per heavy atom. The van der Waals surface area contributed by atoms with Crippen LogP contribution in [-0.2, 0) is 6.42 Å². The molecule has 0 saturated carbocycles. The van der Waals surface area contributed by atoms with Crippen LogP contribution in [0.25, 0.3) is 5.65 Å². The smallest absolute Gasteiger partial charge is 0.179 e. The highest BCUT2D eigenvalue weighted by atomic mass is 16.5. The number of fused-ring (bicyclic) bond motifs is 1. The van der Waals surface area contributed by atoms with E-state index in [-0.39, 0.29) is 0 Å². The van der Waals surface area contributed by atoms with Crippen molar-refractivity contribution in [3.8, 4) is 5.75 Å². The Bertz CT molecular complexity index is 578. The summed E-state index contributed by atoms with van der Waals surface area (Å²) >= 11 is 0. The second-order valence-electron chi connectivity index (χ2n) is 5.65. The fraction of sp³-hybridized carbons (Fsp3) is 0.562. The lowest BCUT2D eigenvalue weighted by molar-refractivity contribution is 0.181. The van der Waals surface area contributed by atoms with Gasteiger partial charge in [-0.2, -0.15) is 0 Å². The van der Waals surface area contributed by atoms with Gasteiger partial charge in [0.25, 0.3) is 0 Å². The van der Waals surface area contributed by atoms with Crippen molar-refractivity contribution < 1.29 is 4.74 Å². The zero-order valence-corrected chi connectivity index (χ0v) is 12.4. The summed E-state index contributed by atoms with van der Waals surface area (Å²) in [6.45, 7) is 5.88. The molecule has 0 spiro atoms.